The van der Waals surface area contributed by atoms with E-state index in [1.807, 2.05) is 6.92 Å². The van der Waals surface area contributed by atoms with E-state index in [1.54, 1.807) is 42.5 Å². The predicted molar refractivity (Wildman–Crippen MR) is 86.7 cm³/mol. The van der Waals surface area contributed by atoms with Crippen LogP contribution < -0.4 is 10.5 Å². The zero-order valence-corrected chi connectivity index (χ0v) is 13.1. The minimum atomic E-state index is -3.69. The lowest BCUT2D eigenvalue weighted by atomic mass is 10.2. The lowest BCUT2D eigenvalue weighted by Gasteiger charge is -2.11. The van der Waals surface area contributed by atoms with E-state index in [-0.39, 0.29) is 4.90 Å². The maximum absolute atomic E-state index is 12.8. The molecule has 0 amide bonds. The van der Waals surface area contributed by atoms with Crippen LogP contribution in [0.1, 0.15) is 5.56 Å². The Morgan fingerprint density at radius 3 is 2.41 bits per heavy atom. The topological polar surface area (TPSA) is 74.3 Å². The number of hydrogen-bond acceptors (Lipinski definition) is 4. The molecule has 6 heteroatoms. The molecule has 2 aromatic carbocycles. The van der Waals surface area contributed by atoms with E-state index in [2.05, 4.69) is 0 Å². The van der Waals surface area contributed by atoms with Crippen molar-refractivity contribution >= 4 is 26.6 Å². The molecule has 0 aliphatic heterocycles. The molecule has 0 spiro atoms. The van der Waals surface area contributed by atoms with E-state index in [0.717, 1.165) is 5.56 Å². The van der Waals surface area contributed by atoms with Crippen LogP contribution in [0.25, 0.3) is 10.9 Å². The van der Waals surface area contributed by atoms with E-state index in [0.29, 0.717) is 22.3 Å². The van der Waals surface area contributed by atoms with Crippen molar-refractivity contribution in [1.29, 1.82) is 0 Å². The summed E-state index contributed by atoms with van der Waals surface area (Å²) >= 11 is 0. The molecule has 0 bridgehead atoms. The fraction of sp³-hybridized carbons (Fsp3) is 0.125. The normalized spacial score (nSPS) is 11.7. The number of hydrogen-bond donors (Lipinski definition) is 1. The van der Waals surface area contributed by atoms with Gasteiger partial charge in [-0.25, -0.2) is 12.4 Å². The first-order chi connectivity index (χ1) is 10.4. The zero-order valence-electron chi connectivity index (χ0n) is 12.3. The quantitative estimate of drug-likeness (QED) is 0.754. The van der Waals surface area contributed by atoms with E-state index in [9.17, 15) is 8.42 Å². The third kappa shape index (κ3) is 2.21. The Kier molecular flexibility index (Phi) is 3.33. The zero-order chi connectivity index (χ0) is 15.9. The Hall–Kier alpha value is -2.47. The number of rotatable bonds is 3. The number of aromatic nitrogens is 1. The van der Waals surface area contributed by atoms with Crippen LogP contribution in [-0.2, 0) is 10.0 Å². The summed E-state index contributed by atoms with van der Waals surface area (Å²) in [7, 11) is -2.20. The highest BCUT2D eigenvalue weighted by atomic mass is 32.2. The summed E-state index contributed by atoms with van der Waals surface area (Å²) in [5.41, 5.74) is 7.82. The average Bonchev–Trinajstić information content (AvgIpc) is 2.91. The minimum Gasteiger partial charge on any atom is -0.494 e. The van der Waals surface area contributed by atoms with E-state index in [1.165, 1.54) is 17.3 Å². The van der Waals surface area contributed by atoms with Gasteiger partial charge in [-0.15, -0.1) is 0 Å². The van der Waals surface area contributed by atoms with Crippen LogP contribution in [0.5, 0.6) is 5.75 Å². The van der Waals surface area contributed by atoms with Crippen molar-refractivity contribution in [3.8, 4) is 5.75 Å². The molecule has 22 heavy (non-hydrogen) atoms. The number of ether oxygens (including phenoxy) is 1. The molecular formula is C16H16N2O3S. The van der Waals surface area contributed by atoms with Crippen LogP contribution in [0.15, 0.2) is 53.6 Å². The summed E-state index contributed by atoms with van der Waals surface area (Å²) in [5.74, 6) is 0.427. The number of anilines is 1. The number of benzene rings is 2. The third-order valence-electron chi connectivity index (χ3n) is 3.53. The Labute approximate surface area is 129 Å². The van der Waals surface area contributed by atoms with Crippen molar-refractivity contribution < 1.29 is 13.2 Å². The lowest BCUT2D eigenvalue weighted by Crippen LogP contribution is -2.12. The van der Waals surface area contributed by atoms with Crippen molar-refractivity contribution in [3.63, 3.8) is 0 Å². The van der Waals surface area contributed by atoms with Gasteiger partial charge in [0.25, 0.3) is 10.0 Å². The van der Waals surface area contributed by atoms with Gasteiger partial charge >= 0.3 is 0 Å². The molecule has 2 N–H and O–H groups in total. The van der Waals surface area contributed by atoms with E-state index in [4.69, 9.17) is 10.5 Å². The van der Waals surface area contributed by atoms with Gasteiger partial charge in [0.15, 0.2) is 0 Å². The van der Waals surface area contributed by atoms with Crippen LogP contribution in [-0.4, -0.2) is 19.5 Å². The average molecular weight is 316 g/mol. The molecule has 0 saturated heterocycles. The summed E-state index contributed by atoms with van der Waals surface area (Å²) in [6.45, 7) is 1.91. The summed E-state index contributed by atoms with van der Waals surface area (Å²) in [5, 5.41) is 0.715. The molecule has 0 aliphatic rings. The second kappa shape index (κ2) is 5.06. The Morgan fingerprint density at radius 1 is 1.09 bits per heavy atom. The standard InChI is InChI=1S/C16H16N2O3S/c1-11-3-5-14(6-4-11)22(19,20)18-8-7-12-9-13(17)10-15(21-2)16(12)18/h3-10H,17H2,1-2H3. The number of nitrogen functional groups attached to an aromatic ring is 1. The number of nitrogens with two attached hydrogens (primary N) is 1. The van der Waals surface area contributed by atoms with E-state index >= 15 is 0 Å². The molecule has 0 atom stereocenters. The highest BCUT2D eigenvalue weighted by Gasteiger charge is 2.21. The molecule has 0 fully saturated rings. The Bertz CT molecular complexity index is 941. The predicted octanol–water partition coefficient (Wildman–Crippen LogP) is 2.78. The summed E-state index contributed by atoms with van der Waals surface area (Å²) in [6, 6.07) is 11.8. The molecule has 0 unspecified atom stereocenters. The van der Waals surface area contributed by atoms with Crippen molar-refractivity contribution in [2.24, 2.45) is 0 Å². The highest BCUT2D eigenvalue weighted by molar-refractivity contribution is 7.90. The van der Waals surface area contributed by atoms with Gasteiger partial charge in [0.2, 0.25) is 0 Å². The van der Waals surface area contributed by atoms with Crippen LogP contribution in [0.4, 0.5) is 5.69 Å². The summed E-state index contributed by atoms with van der Waals surface area (Å²) < 4.78 is 32.2. The first-order valence-corrected chi connectivity index (χ1v) is 8.14. The number of nitrogens with zero attached hydrogens (tertiary/aromatic N) is 1. The number of aryl methyl sites for hydroxylation is 1. The van der Waals surface area contributed by atoms with Crippen LogP contribution in [0, 0.1) is 6.92 Å². The Morgan fingerprint density at radius 2 is 1.77 bits per heavy atom. The molecule has 0 aliphatic carbocycles. The molecule has 3 rings (SSSR count). The van der Waals surface area contributed by atoms with Crippen LogP contribution in [0.3, 0.4) is 0 Å². The van der Waals surface area contributed by atoms with Gasteiger partial charge in [-0.1, -0.05) is 17.7 Å². The molecule has 1 aromatic heterocycles. The Balaban J connectivity index is 2.28. The van der Waals surface area contributed by atoms with Crippen molar-refractivity contribution in [1.82, 2.24) is 3.97 Å². The molecule has 0 radical (unpaired) electrons. The van der Waals surface area contributed by atoms with E-state index < -0.39 is 10.0 Å². The molecular weight excluding hydrogens is 300 g/mol. The highest BCUT2D eigenvalue weighted by Crippen LogP contribution is 2.32. The number of fused-ring (bicyclic) bond motifs is 1. The smallest absolute Gasteiger partial charge is 0.268 e. The monoisotopic (exact) mass is 316 g/mol. The molecule has 1 heterocycles. The summed E-state index contributed by atoms with van der Waals surface area (Å²) in [4.78, 5) is 0.231. The maximum Gasteiger partial charge on any atom is 0.268 e. The van der Waals surface area contributed by atoms with Gasteiger partial charge in [-0.2, -0.15) is 0 Å². The second-order valence-corrected chi connectivity index (χ2v) is 6.91. The van der Waals surface area contributed by atoms with Gasteiger partial charge in [-0.05, 0) is 31.2 Å². The number of methoxy groups -OCH3 is 1. The van der Waals surface area contributed by atoms with Crippen molar-refractivity contribution in [2.75, 3.05) is 12.8 Å². The molecule has 3 aromatic rings. The molecule has 0 saturated carbocycles. The fourth-order valence-electron chi connectivity index (χ4n) is 2.42. The van der Waals surface area contributed by atoms with Gasteiger partial charge in [-0.3, -0.25) is 0 Å². The SMILES string of the molecule is COc1cc(N)cc2ccn(S(=O)(=O)c3ccc(C)cc3)c12. The van der Waals surface area contributed by atoms with Crippen LogP contribution in [0.2, 0.25) is 0 Å². The van der Waals surface area contributed by atoms with Crippen molar-refractivity contribution in [3.05, 3.63) is 54.2 Å². The maximum atomic E-state index is 12.8. The molecule has 114 valence electrons. The van der Waals surface area contributed by atoms with Gasteiger partial charge in [0.1, 0.15) is 11.3 Å². The van der Waals surface area contributed by atoms with Gasteiger partial charge in [0.05, 0.1) is 12.0 Å². The largest absolute Gasteiger partial charge is 0.494 e. The summed E-state index contributed by atoms with van der Waals surface area (Å²) in [6.07, 6.45) is 1.52. The second-order valence-electron chi connectivity index (χ2n) is 5.09. The van der Waals surface area contributed by atoms with Crippen LogP contribution >= 0.6 is 0 Å². The lowest BCUT2D eigenvalue weighted by molar-refractivity contribution is 0.418. The third-order valence-corrected chi connectivity index (χ3v) is 5.22. The van der Waals surface area contributed by atoms with Crippen molar-refractivity contribution in [2.45, 2.75) is 11.8 Å². The fourth-order valence-corrected chi connectivity index (χ4v) is 3.78. The first-order valence-electron chi connectivity index (χ1n) is 6.70. The van der Waals surface area contributed by atoms with Gasteiger partial charge < -0.3 is 10.5 Å². The minimum absolute atomic E-state index is 0.231. The molecule has 5 nitrogen and oxygen atoms in total. The first kappa shape index (κ1) is 14.5. The van der Waals surface area contributed by atoms with Gasteiger partial charge in [0, 0.05) is 23.3 Å².